The van der Waals surface area contributed by atoms with E-state index in [-0.39, 0.29) is 24.8 Å². The third-order valence-electron chi connectivity index (χ3n) is 4.37. The summed E-state index contributed by atoms with van der Waals surface area (Å²) in [5.41, 5.74) is 0.793. The van der Waals surface area contributed by atoms with Crippen LogP contribution >= 0.6 is 0 Å². The van der Waals surface area contributed by atoms with Crippen LogP contribution in [0.3, 0.4) is 0 Å². The van der Waals surface area contributed by atoms with Gasteiger partial charge in [0.25, 0.3) is 15.9 Å². The van der Waals surface area contributed by atoms with Crippen molar-refractivity contribution in [2.75, 3.05) is 39.9 Å². The van der Waals surface area contributed by atoms with Crippen LogP contribution in [0.2, 0.25) is 0 Å². The molecule has 1 fully saturated rings. The van der Waals surface area contributed by atoms with Gasteiger partial charge in [0, 0.05) is 39.1 Å². The summed E-state index contributed by atoms with van der Waals surface area (Å²) in [5.74, 6) is -1.01. The zero-order valence-electron chi connectivity index (χ0n) is 15.9. The molecule has 29 heavy (non-hydrogen) atoms. The minimum Gasteiger partial charge on any atom is -0.438 e. The maximum Gasteiger partial charge on any atom is 0.287 e. The van der Waals surface area contributed by atoms with Crippen molar-refractivity contribution in [3.05, 3.63) is 48.0 Å². The molecule has 1 aliphatic heterocycles. The second-order valence-corrected chi connectivity index (χ2v) is 8.39. The number of amides is 2. The second kappa shape index (κ2) is 9.16. The van der Waals surface area contributed by atoms with Gasteiger partial charge in [0.15, 0.2) is 5.76 Å². The number of carbonyl (C=O) groups is 2. The predicted octanol–water partition coefficient (Wildman–Crippen LogP) is 0.0839. The van der Waals surface area contributed by atoms with Crippen molar-refractivity contribution in [2.24, 2.45) is 0 Å². The molecule has 0 aromatic carbocycles. The molecule has 2 aromatic rings. The number of furan rings is 1. The third kappa shape index (κ3) is 5.19. The highest BCUT2D eigenvalue weighted by Gasteiger charge is 2.29. The van der Waals surface area contributed by atoms with Crippen molar-refractivity contribution in [2.45, 2.75) is 11.6 Å². The van der Waals surface area contributed by atoms with Crippen LogP contribution in [0, 0.1) is 0 Å². The minimum atomic E-state index is -4.05. The van der Waals surface area contributed by atoms with Gasteiger partial charge in [-0.05, 0) is 23.8 Å². The number of carbonyl (C=O) groups excluding carboxylic acids is 2. The van der Waals surface area contributed by atoms with E-state index in [9.17, 15) is 18.0 Å². The second-order valence-electron chi connectivity index (χ2n) is 6.42. The average Bonchev–Trinajstić information content (AvgIpc) is 3.24. The summed E-state index contributed by atoms with van der Waals surface area (Å²) in [6.07, 6.45) is 3.23. The van der Waals surface area contributed by atoms with Gasteiger partial charge < -0.3 is 19.4 Å². The number of morpholine rings is 1. The summed E-state index contributed by atoms with van der Waals surface area (Å²) in [7, 11) is -2.76. The van der Waals surface area contributed by atoms with Crippen molar-refractivity contribution in [3.63, 3.8) is 0 Å². The number of hydrogen-bond donors (Lipinski definition) is 1. The fourth-order valence-electron chi connectivity index (χ4n) is 2.69. The molecular formula is C18H22N4O6S. The van der Waals surface area contributed by atoms with E-state index in [0.29, 0.717) is 26.3 Å². The van der Waals surface area contributed by atoms with Crippen LogP contribution < -0.4 is 5.32 Å². The van der Waals surface area contributed by atoms with Gasteiger partial charge in [-0.25, -0.2) is 8.42 Å². The van der Waals surface area contributed by atoms with Crippen LogP contribution in [0.25, 0.3) is 0 Å². The van der Waals surface area contributed by atoms with E-state index in [1.165, 1.54) is 19.2 Å². The van der Waals surface area contributed by atoms with Gasteiger partial charge in [0.05, 0.1) is 19.8 Å². The Morgan fingerprint density at radius 1 is 1.24 bits per heavy atom. The van der Waals surface area contributed by atoms with Gasteiger partial charge in [-0.3, -0.25) is 14.6 Å². The van der Waals surface area contributed by atoms with Gasteiger partial charge >= 0.3 is 0 Å². The Morgan fingerprint density at radius 3 is 2.69 bits per heavy atom. The highest BCUT2D eigenvalue weighted by atomic mass is 32.2. The van der Waals surface area contributed by atoms with Crippen LogP contribution in [0.1, 0.15) is 16.1 Å². The maximum absolute atomic E-state index is 12.7. The van der Waals surface area contributed by atoms with Crippen molar-refractivity contribution in [1.82, 2.24) is 19.5 Å². The molecule has 156 valence electrons. The van der Waals surface area contributed by atoms with Crippen molar-refractivity contribution in [3.8, 4) is 0 Å². The van der Waals surface area contributed by atoms with Crippen LogP contribution in [0.4, 0.5) is 0 Å². The molecule has 0 radical (unpaired) electrons. The predicted molar refractivity (Wildman–Crippen MR) is 101 cm³/mol. The average molecular weight is 422 g/mol. The first-order chi connectivity index (χ1) is 13.9. The molecule has 0 unspecified atom stereocenters. The first kappa shape index (κ1) is 21.0. The number of ether oxygens (including phenoxy) is 1. The molecule has 0 aliphatic carbocycles. The lowest BCUT2D eigenvalue weighted by atomic mass is 10.3. The highest BCUT2D eigenvalue weighted by molar-refractivity contribution is 7.89. The fourth-order valence-corrected chi connectivity index (χ4v) is 3.72. The zero-order valence-corrected chi connectivity index (χ0v) is 16.7. The molecular weight excluding hydrogens is 400 g/mol. The molecule has 1 N–H and O–H groups in total. The van der Waals surface area contributed by atoms with Gasteiger partial charge in [-0.1, -0.05) is 6.07 Å². The topological polar surface area (TPSA) is 122 Å². The van der Waals surface area contributed by atoms with E-state index in [0.717, 1.165) is 9.87 Å². The van der Waals surface area contributed by atoms with E-state index in [1.807, 2.05) is 0 Å². The molecule has 0 atom stereocenters. The smallest absolute Gasteiger partial charge is 0.287 e. The molecule has 1 saturated heterocycles. The van der Waals surface area contributed by atoms with Crippen LogP contribution in [0.15, 0.2) is 46.2 Å². The molecule has 0 spiro atoms. The monoisotopic (exact) mass is 422 g/mol. The maximum atomic E-state index is 12.7. The number of pyridine rings is 1. The normalized spacial score (nSPS) is 14.8. The SMILES string of the molecule is CN(CC(=O)N1CCOCC1)S(=O)(=O)c1ccc(C(=O)NCc2cccnc2)o1. The summed E-state index contributed by atoms with van der Waals surface area (Å²) in [4.78, 5) is 30.0. The van der Waals surface area contributed by atoms with Crippen LogP contribution in [-0.2, 0) is 26.1 Å². The molecule has 1 aliphatic rings. The quantitative estimate of drug-likeness (QED) is 0.671. The molecule has 10 nitrogen and oxygen atoms in total. The Labute approximate surface area is 168 Å². The standard InChI is InChI=1S/C18H22N4O6S/c1-21(13-16(23)22-7-9-27-10-8-22)29(25,26)17-5-4-15(28-17)18(24)20-12-14-3-2-6-19-11-14/h2-6,11H,7-10,12-13H2,1H3,(H,20,24). The number of nitrogens with zero attached hydrogens (tertiary/aromatic N) is 3. The molecule has 2 aromatic heterocycles. The van der Waals surface area contributed by atoms with Crippen LogP contribution in [0.5, 0.6) is 0 Å². The van der Waals surface area contributed by atoms with Gasteiger partial charge in [0.2, 0.25) is 11.0 Å². The van der Waals surface area contributed by atoms with Crippen molar-refractivity contribution < 1.29 is 27.2 Å². The number of hydrogen-bond acceptors (Lipinski definition) is 7. The van der Waals surface area contributed by atoms with Crippen molar-refractivity contribution >= 4 is 21.8 Å². The number of sulfonamides is 1. The summed E-state index contributed by atoms with van der Waals surface area (Å²) in [5, 5.41) is 2.23. The largest absolute Gasteiger partial charge is 0.438 e. The highest BCUT2D eigenvalue weighted by Crippen LogP contribution is 2.18. The van der Waals surface area contributed by atoms with E-state index in [4.69, 9.17) is 9.15 Å². The first-order valence-electron chi connectivity index (χ1n) is 8.97. The number of rotatable bonds is 7. The first-order valence-corrected chi connectivity index (χ1v) is 10.4. The Balaban J connectivity index is 1.61. The Hall–Kier alpha value is -2.76. The minimum absolute atomic E-state index is 0.139. The lowest BCUT2D eigenvalue weighted by Gasteiger charge is -2.28. The molecule has 11 heteroatoms. The summed E-state index contributed by atoms with van der Waals surface area (Å²) >= 11 is 0. The van der Waals surface area contributed by atoms with E-state index >= 15 is 0 Å². The van der Waals surface area contributed by atoms with Gasteiger partial charge in [0.1, 0.15) is 0 Å². The number of nitrogens with one attached hydrogen (secondary N) is 1. The molecule has 2 amide bonds. The van der Waals surface area contributed by atoms with Crippen LogP contribution in [-0.4, -0.2) is 74.3 Å². The molecule has 0 saturated carbocycles. The Morgan fingerprint density at radius 2 is 2.00 bits per heavy atom. The zero-order chi connectivity index (χ0) is 20.9. The van der Waals surface area contributed by atoms with E-state index < -0.39 is 21.0 Å². The number of likely N-dealkylation sites (N-methyl/N-ethyl adjacent to an activating group) is 1. The Kier molecular flexibility index (Phi) is 6.62. The summed E-state index contributed by atoms with van der Waals surface area (Å²) in [6.45, 7) is 1.61. The molecule has 3 rings (SSSR count). The van der Waals surface area contributed by atoms with E-state index in [1.54, 1.807) is 29.4 Å². The lowest BCUT2D eigenvalue weighted by molar-refractivity contribution is -0.135. The molecule has 3 heterocycles. The molecule has 0 bridgehead atoms. The van der Waals surface area contributed by atoms with E-state index in [2.05, 4.69) is 10.3 Å². The lowest BCUT2D eigenvalue weighted by Crippen LogP contribution is -2.46. The van der Waals surface area contributed by atoms with Crippen molar-refractivity contribution in [1.29, 1.82) is 0 Å². The van der Waals surface area contributed by atoms with Gasteiger partial charge in [-0.2, -0.15) is 4.31 Å². The summed E-state index contributed by atoms with van der Waals surface area (Å²) < 4.78 is 36.7. The fraction of sp³-hybridized carbons (Fsp3) is 0.389. The Bertz CT molecular complexity index is 954. The summed E-state index contributed by atoms with van der Waals surface area (Å²) in [6, 6.07) is 6.02. The third-order valence-corrected chi connectivity index (χ3v) is 6.04. The van der Waals surface area contributed by atoms with Gasteiger partial charge in [-0.15, -0.1) is 0 Å². The number of aromatic nitrogens is 1.